The summed E-state index contributed by atoms with van der Waals surface area (Å²) in [5, 5.41) is 0. The molecule has 0 saturated heterocycles. The zero-order valence-corrected chi connectivity index (χ0v) is 9.20. The fourth-order valence-corrected chi connectivity index (χ4v) is 3.19. The Kier molecular flexibility index (Phi) is 2.63. The third kappa shape index (κ3) is 1.96. The van der Waals surface area contributed by atoms with E-state index in [9.17, 15) is 9.36 Å². The van der Waals surface area contributed by atoms with E-state index in [2.05, 4.69) is 0 Å². The Bertz CT molecular complexity index is 441. The molecule has 0 aromatic heterocycles. The first-order valence-corrected chi connectivity index (χ1v) is 6.43. The lowest BCUT2D eigenvalue weighted by molar-refractivity contribution is 0.0688. The van der Waals surface area contributed by atoms with Crippen LogP contribution in [0.25, 0.3) is 0 Å². The summed E-state index contributed by atoms with van der Waals surface area (Å²) in [6.07, 6.45) is 0.169. The molecule has 0 bridgehead atoms. The third-order valence-electron chi connectivity index (χ3n) is 2.15. The number of hydrogen-bond donors (Lipinski definition) is 0. The van der Waals surface area contributed by atoms with Crippen molar-refractivity contribution in [3.8, 4) is 0 Å². The van der Waals surface area contributed by atoms with Gasteiger partial charge < -0.3 is 4.52 Å². The highest BCUT2D eigenvalue weighted by atomic mass is 31.2. The van der Waals surface area contributed by atoms with Crippen molar-refractivity contribution in [1.82, 2.24) is 0 Å². The standard InChI is InChI=1S/C10H11O4P/c1-2-13-15(12)7-8-5-3-4-6-9(8)10(11)14-15/h3-6H,2,7H2,1H3. The van der Waals surface area contributed by atoms with E-state index in [0.29, 0.717) is 5.56 Å². The maximum Gasteiger partial charge on any atom is 0.385 e. The topological polar surface area (TPSA) is 52.6 Å². The molecule has 1 heterocycles. The van der Waals surface area contributed by atoms with Gasteiger partial charge in [-0.25, -0.2) is 9.36 Å². The predicted octanol–water partition coefficient (Wildman–Crippen LogP) is 2.59. The van der Waals surface area contributed by atoms with Gasteiger partial charge >= 0.3 is 13.6 Å². The van der Waals surface area contributed by atoms with E-state index in [-0.39, 0.29) is 12.8 Å². The summed E-state index contributed by atoms with van der Waals surface area (Å²) in [5.41, 5.74) is 1.20. The molecule has 0 amide bonds. The Morgan fingerprint density at radius 3 is 2.93 bits per heavy atom. The van der Waals surface area contributed by atoms with Gasteiger partial charge in [0.05, 0.1) is 18.3 Å². The SMILES string of the molecule is CCOP1(=O)Cc2ccccc2C(=O)O1. The van der Waals surface area contributed by atoms with Crippen LogP contribution < -0.4 is 0 Å². The van der Waals surface area contributed by atoms with Crippen molar-refractivity contribution in [2.75, 3.05) is 6.61 Å². The van der Waals surface area contributed by atoms with E-state index in [1.165, 1.54) is 0 Å². The molecule has 0 aliphatic carbocycles. The molecule has 2 rings (SSSR count). The van der Waals surface area contributed by atoms with Gasteiger partial charge in [-0.05, 0) is 18.6 Å². The van der Waals surface area contributed by atoms with Gasteiger partial charge in [0.15, 0.2) is 0 Å². The van der Waals surface area contributed by atoms with Gasteiger partial charge in [0.1, 0.15) is 0 Å². The van der Waals surface area contributed by atoms with E-state index in [4.69, 9.17) is 9.05 Å². The lowest BCUT2D eigenvalue weighted by Gasteiger charge is -2.23. The second kappa shape index (κ2) is 3.80. The molecule has 0 saturated carbocycles. The Morgan fingerprint density at radius 2 is 2.20 bits per heavy atom. The fraction of sp³-hybridized carbons (Fsp3) is 0.300. The van der Waals surface area contributed by atoms with E-state index >= 15 is 0 Å². The van der Waals surface area contributed by atoms with Crippen LogP contribution in [0, 0.1) is 0 Å². The summed E-state index contributed by atoms with van der Waals surface area (Å²) in [6, 6.07) is 6.97. The molecule has 1 unspecified atom stereocenters. The van der Waals surface area contributed by atoms with Crippen LogP contribution in [0.1, 0.15) is 22.8 Å². The molecule has 0 N–H and O–H groups in total. The van der Waals surface area contributed by atoms with Crippen LogP contribution >= 0.6 is 7.60 Å². The third-order valence-corrected chi connectivity index (χ3v) is 3.97. The fourth-order valence-electron chi connectivity index (χ4n) is 1.54. The molecule has 5 heteroatoms. The zero-order chi connectivity index (χ0) is 10.9. The maximum atomic E-state index is 11.9. The lowest BCUT2D eigenvalue weighted by atomic mass is 10.1. The average Bonchev–Trinajstić information content (AvgIpc) is 2.17. The van der Waals surface area contributed by atoms with Gasteiger partial charge in [-0.1, -0.05) is 18.2 Å². The number of benzene rings is 1. The number of fused-ring (bicyclic) bond motifs is 1. The Hall–Kier alpha value is -1.12. The van der Waals surface area contributed by atoms with Crippen LogP contribution in [0.15, 0.2) is 24.3 Å². The first-order valence-electron chi connectivity index (χ1n) is 4.70. The summed E-state index contributed by atoms with van der Waals surface area (Å²) in [5.74, 6) is -0.561. The zero-order valence-electron chi connectivity index (χ0n) is 8.30. The molecular formula is C10H11O4P. The lowest BCUT2D eigenvalue weighted by Crippen LogP contribution is -2.15. The molecule has 0 spiro atoms. The minimum Gasteiger partial charge on any atom is -0.388 e. The van der Waals surface area contributed by atoms with Crippen LogP contribution in [0.5, 0.6) is 0 Å². The van der Waals surface area contributed by atoms with Crippen molar-refractivity contribution in [3.05, 3.63) is 35.4 Å². The summed E-state index contributed by atoms with van der Waals surface area (Å²) < 4.78 is 21.8. The normalized spacial score (nSPS) is 24.5. The second-order valence-corrected chi connectivity index (χ2v) is 5.20. The smallest absolute Gasteiger partial charge is 0.385 e. The highest BCUT2D eigenvalue weighted by molar-refractivity contribution is 7.53. The van der Waals surface area contributed by atoms with Crippen molar-refractivity contribution in [2.24, 2.45) is 0 Å². The average molecular weight is 226 g/mol. The predicted molar refractivity (Wildman–Crippen MR) is 54.8 cm³/mol. The second-order valence-electron chi connectivity index (χ2n) is 3.22. The summed E-state index contributed by atoms with van der Waals surface area (Å²) in [7, 11) is -3.25. The van der Waals surface area contributed by atoms with Gasteiger partial charge in [0, 0.05) is 0 Å². The molecule has 1 aromatic carbocycles. The highest BCUT2D eigenvalue weighted by Gasteiger charge is 2.36. The monoisotopic (exact) mass is 226 g/mol. The maximum absolute atomic E-state index is 11.9. The molecule has 4 nitrogen and oxygen atoms in total. The molecule has 1 aliphatic rings. The number of carbonyl (C=O) groups excluding carboxylic acids is 1. The first kappa shape index (κ1) is 10.4. The van der Waals surface area contributed by atoms with Gasteiger partial charge in [0.2, 0.25) is 0 Å². The Labute approximate surface area is 87.7 Å². The van der Waals surface area contributed by atoms with Crippen LogP contribution in [0.4, 0.5) is 0 Å². The van der Waals surface area contributed by atoms with Crippen LogP contribution in [0.3, 0.4) is 0 Å². The van der Waals surface area contributed by atoms with Crippen molar-refractivity contribution < 1.29 is 18.4 Å². The number of hydrogen-bond acceptors (Lipinski definition) is 4. The van der Waals surface area contributed by atoms with E-state index in [1.807, 2.05) is 0 Å². The first-order chi connectivity index (χ1) is 7.14. The number of rotatable bonds is 2. The summed E-state index contributed by atoms with van der Waals surface area (Å²) in [6.45, 7) is 1.99. The van der Waals surface area contributed by atoms with Gasteiger partial charge in [0.25, 0.3) is 0 Å². The quantitative estimate of drug-likeness (QED) is 0.727. The van der Waals surface area contributed by atoms with E-state index in [0.717, 1.165) is 5.56 Å². The molecule has 0 radical (unpaired) electrons. The molecular weight excluding hydrogens is 215 g/mol. The van der Waals surface area contributed by atoms with Crippen molar-refractivity contribution in [1.29, 1.82) is 0 Å². The van der Waals surface area contributed by atoms with Gasteiger partial charge in [-0.3, -0.25) is 4.52 Å². The van der Waals surface area contributed by atoms with E-state index in [1.54, 1.807) is 31.2 Å². The largest absolute Gasteiger partial charge is 0.388 e. The van der Waals surface area contributed by atoms with Crippen molar-refractivity contribution >= 4 is 13.6 Å². The van der Waals surface area contributed by atoms with Crippen molar-refractivity contribution in [3.63, 3.8) is 0 Å². The van der Waals surface area contributed by atoms with Crippen LogP contribution in [0.2, 0.25) is 0 Å². The number of carbonyl (C=O) groups is 1. The van der Waals surface area contributed by atoms with Crippen LogP contribution in [-0.2, 0) is 19.8 Å². The molecule has 0 fully saturated rings. The molecule has 1 aliphatic heterocycles. The summed E-state index contributed by atoms with van der Waals surface area (Å²) in [4.78, 5) is 11.5. The minimum absolute atomic E-state index is 0.169. The Balaban J connectivity index is 2.38. The van der Waals surface area contributed by atoms with Gasteiger partial charge in [-0.2, -0.15) is 0 Å². The molecule has 15 heavy (non-hydrogen) atoms. The Morgan fingerprint density at radius 1 is 1.47 bits per heavy atom. The van der Waals surface area contributed by atoms with Crippen molar-refractivity contribution in [2.45, 2.75) is 13.1 Å². The minimum atomic E-state index is -3.25. The van der Waals surface area contributed by atoms with Gasteiger partial charge in [-0.15, -0.1) is 0 Å². The highest BCUT2D eigenvalue weighted by Crippen LogP contribution is 2.55. The summed E-state index contributed by atoms with van der Waals surface area (Å²) >= 11 is 0. The molecule has 1 atom stereocenters. The molecule has 1 aromatic rings. The van der Waals surface area contributed by atoms with E-state index < -0.39 is 13.6 Å². The van der Waals surface area contributed by atoms with Crippen LogP contribution in [-0.4, -0.2) is 12.6 Å². The molecule has 80 valence electrons.